The van der Waals surface area contributed by atoms with Crippen molar-refractivity contribution < 1.29 is 17.9 Å². The van der Waals surface area contributed by atoms with Gasteiger partial charge in [0.15, 0.2) is 6.61 Å². The molecule has 0 saturated carbocycles. The second kappa shape index (κ2) is 11.2. The molecule has 1 amide bonds. The van der Waals surface area contributed by atoms with Gasteiger partial charge in [0.2, 0.25) is 0 Å². The standard InChI is InChI=1S/C27H30BrNO4S/c1-5-6-7-22-10-12-24(13-11-22)29(34(31,32)25-14-8-19(2)9-15-25)26(30)18-33-27-20(3)16-23(28)17-21(27)4/h8-17H,5-7,18H2,1-4H3. The van der Waals surface area contributed by atoms with Crippen LogP contribution in [0.15, 0.2) is 70.0 Å². The van der Waals surface area contributed by atoms with E-state index in [2.05, 4.69) is 22.9 Å². The summed E-state index contributed by atoms with van der Waals surface area (Å²) < 4.78 is 34.8. The zero-order valence-electron chi connectivity index (χ0n) is 20.0. The maximum absolute atomic E-state index is 13.6. The summed E-state index contributed by atoms with van der Waals surface area (Å²) in [5.41, 5.74) is 4.03. The van der Waals surface area contributed by atoms with Crippen molar-refractivity contribution in [3.63, 3.8) is 0 Å². The monoisotopic (exact) mass is 543 g/mol. The molecule has 34 heavy (non-hydrogen) atoms. The number of halogens is 1. The Kier molecular flexibility index (Phi) is 8.55. The van der Waals surface area contributed by atoms with Gasteiger partial charge in [0, 0.05) is 4.47 Å². The van der Waals surface area contributed by atoms with E-state index in [1.165, 1.54) is 12.1 Å². The smallest absolute Gasteiger partial charge is 0.278 e. The maximum atomic E-state index is 13.6. The summed E-state index contributed by atoms with van der Waals surface area (Å²) in [6.45, 7) is 7.36. The van der Waals surface area contributed by atoms with Crippen molar-refractivity contribution in [2.24, 2.45) is 0 Å². The molecule has 0 fully saturated rings. The van der Waals surface area contributed by atoms with Crippen LogP contribution in [-0.2, 0) is 21.2 Å². The molecule has 0 radical (unpaired) electrons. The zero-order valence-corrected chi connectivity index (χ0v) is 22.4. The van der Waals surface area contributed by atoms with E-state index in [1.54, 1.807) is 24.3 Å². The van der Waals surface area contributed by atoms with Gasteiger partial charge in [-0.1, -0.05) is 59.1 Å². The lowest BCUT2D eigenvalue weighted by Crippen LogP contribution is -2.40. The summed E-state index contributed by atoms with van der Waals surface area (Å²) in [6.07, 6.45) is 3.02. The van der Waals surface area contributed by atoms with Crippen LogP contribution in [0.25, 0.3) is 0 Å². The number of sulfonamides is 1. The molecule has 0 unspecified atom stereocenters. The van der Waals surface area contributed by atoms with Crippen LogP contribution >= 0.6 is 15.9 Å². The summed E-state index contributed by atoms with van der Waals surface area (Å²) in [6, 6.07) is 17.4. The number of amides is 1. The quantitative estimate of drug-likeness (QED) is 0.308. The van der Waals surface area contributed by atoms with Gasteiger partial charge in [-0.2, -0.15) is 4.31 Å². The minimum Gasteiger partial charge on any atom is -0.483 e. The number of hydrogen-bond donors (Lipinski definition) is 0. The SMILES string of the molecule is CCCCc1ccc(N(C(=O)COc2c(C)cc(Br)cc2C)S(=O)(=O)c2ccc(C)cc2)cc1. The Bertz CT molecular complexity index is 1230. The van der Waals surface area contributed by atoms with Crippen molar-refractivity contribution >= 4 is 37.5 Å². The van der Waals surface area contributed by atoms with E-state index in [0.717, 1.165) is 50.3 Å². The molecule has 3 aromatic carbocycles. The van der Waals surface area contributed by atoms with Gasteiger partial charge in [0.05, 0.1) is 10.6 Å². The molecule has 0 aliphatic carbocycles. The number of carbonyl (C=O) groups excluding carboxylic acids is 1. The third kappa shape index (κ3) is 6.07. The van der Waals surface area contributed by atoms with Gasteiger partial charge in [-0.3, -0.25) is 4.79 Å². The second-order valence-corrected chi connectivity index (χ2v) is 11.1. The van der Waals surface area contributed by atoms with Crippen molar-refractivity contribution in [1.82, 2.24) is 0 Å². The van der Waals surface area contributed by atoms with Crippen molar-refractivity contribution in [3.05, 3.63) is 87.4 Å². The van der Waals surface area contributed by atoms with Crippen LogP contribution in [0.2, 0.25) is 0 Å². The van der Waals surface area contributed by atoms with Crippen molar-refractivity contribution in [2.75, 3.05) is 10.9 Å². The van der Waals surface area contributed by atoms with Gasteiger partial charge in [0.25, 0.3) is 15.9 Å². The van der Waals surface area contributed by atoms with Crippen LogP contribution in [0.5, 0.6) is 5.75 Å². The molecule has 5 nitrogen and oxygen atoms in total. The van der Waals surface area contributed by atoms with E-state index >= 15 is 0 Å². The van der Waals surface area contributed by atoms with E-state index in [-0.39, 0.29) is 4.90 Å². The van der Waals surface area contributed by atoms with Gasteiger partial charge in [0.1, 0.15) is 5.75 Å². The first-order chi connectivity index (χ1) is 16.1. The van der Waals surface area contributed by atoms with Crippen molar-refractivity contribution in [1.29, 1.82) is 0 Å². The molecular formula is C27H30BrNO4S. The van der Waals surface area contributed by atoms with Gasteiger partial charge < -0.3 is 4.74 Å². The van der Waals surface area contributed by atoms with Crippen LogP contribution in [0, 0.1) is 20.8 Å². The lowest BCUT2D eigenvalue weighted by molar-refractivity contribution is -0.119. The Hall–Kier alpha value is -2.64. The lowest BCUT2D eigenvalue weighted by atomic mass is 10.1. The normalized spacial score (nSPS) is 11.3. The Morgan fingerprint density at radius 3 is 2.09 bits per heavy atom. The molecule has 0 heterocycles. The predicted octanol–water partition coefficient (Wildman–Crippen LogP) is 6.52. The summed E-state index contributed by atoms with van der Waals surface area (Å²) in [5, 5.41) is 0. The molecule has 0 spiro atoms. The molecule has 3 aromatic rings. The highest BCUT2D eigenvalue weighted by atomic mass is 79.9. The first-order valence-corrected chi connectivity index (χ1v) is 13.5. The zero-order chi connectivity index (χ0) is 24.9. The number of aryl methyl sites for hydroxylation is 4. The summed E-state index contributed by atoms with van der Waals surface area (Å²) in [7, 11) is -4.13. The van der Waals surface area contributed by atoms with Crippen molar-refractivity contribution in [2.45, 2.75) is 51.9 Å². The Labute approximate surface area is 210 Å². The molecule has 0 atom stereocenters. The third-order valence-electron chi connectivity index (χ3n) is 5.54. The van der Waals surface area contributed by atoms with E-state index < -0.39 is 22.5 Å². The van der Waals surface area contributed by atoms with E-state index in [0.29, 0.717) is 11.4 Å². The van der Waals surface area contributed by atoms with E-state index in [4.69, 9.17) is 4.74 Å². The van der Waals surface area contributed by atoms with Crippen LogP contribution in [0.4, 0.5) is 5.69 Å². The Morgan fingerprint density at radius 2 is 1.53 bits per heavy atom. The number of benzene rings is 3. The first-order valence-electron chi connectivity index (χ1n) is 11.3. The molecule has 7 heteroatoms. The predicted molar refractivity (Wildman–Crippen MR) is 140 cm³/mol. The van der Waals surface area contributed by atoms with Crippen LogP contribution < -0.4 is 9.04 Å². The summed E-state index contributed by atoms with van der Waals surface area (Å²) in [4.78, 5) is 13.4. The number of rotatable bonds is 9. The highest BCUT2D eigenvalue weighted by molar-refractivity contribution is 9.10. The average Bonchev–Trinajstić information content (AvgIpc) is 2.78. The fourth-order valence-electron chi connectivity index (χ4n) is 3.73. The highest BCUT2D eigenvalue weighted by Crippen LogP contribution is 2.29. The van der Waals surface area contributed by atoms with Gasteiger partial charge in [-0.25, -0.2) is 8.42 Å². The number of unbranched alkanes of at least 4 members (excludes halogenated alkanes) is 1. The van der Waals surface area contributed by atoms with E-state index in [1.807, 2.05) is 45.0 Å². The number of ether oxygens (including phenoxy) is 1. The first kappa shape index (κ1) is 26.0. The largest absolute Gasteiger partial charge is 0.483 e. The molecule has 0 aliphatic heterocycles. The molecule has 0 bridgehead atoms. The van der Waals surface area contributed by atoms with Crippen LogP contribution in [0.3, 0.4) is 0 Å². The summed E-state index contributed by atoms with van der Waals surface area (Å²) in [5.74, 6) is -0.0947. The third-order valence-corrected chi connectivity index (χ3v) is 7.76. The molecule has 0 aromatic heterocycles. The minimum atomic E-state index is -4.13. The number of nitrogens with zero attached hydrogens (tertiary/aromatic N) is 1. The van der Waals surface area contributed by atoms with Crippen LogP contribution in [-0.4, -0.2) is 20.9 Å². The van der Waals surface area contributed by atoms with E-state index in [9.17, 15) is 13.2 Å². The molecule has 0 N–H and O–H groups in total. The number of anilines is 1. The summed E-state index contributed by atoms with van der Waals surface area (Å²) >= 11 is 3.45. The maximum Gasteiger partial charge on any atom is 0.278 e. The lowest BCUT2D eigenvalue weighted by Gasteiger charge is -2.23. The van der Waals surface area contributed by atoms with Gasteiger partial charge in [-0.05, 0) is 86.7 Å². The number of carbonyl (C=O) groups is 1. The Morgan fingerprint density at radius 1 is 0.941 bits per heavy atom. The average molecular weight is 545 g/mol. The fraction of sp³-hybridized carbons (Fsp3) is 0.296. The molecule has 0 aliphatic rings. The molecule has 180 valence electrons. The molecule has 0 saturated heterocycles. The topological polar surface area (TPSA) is 63.7 Å². The van der Waals surface area contributed by atoms with Crippen LogP contribution in [0.1, 0.15) is 42.0 Å². The second-order valence-electron chi connectivity index (χ2n) is 8.40. The number of hydrogen-bond acceptors (Lipinski definition) is 4. The fourth-order valence-corrected chi connectivity index (χ4v) is 5.83. The minimum absolute atomic E-state index is 0.0533. The van der Waals surface area contributed by atoms with Gasteiger partial charge >= 0.3 is 0 Å². The molecular weight excluding hydrogens is 514 g/mol. The molecule has 3 rings (SSSR count). The van der Waals surface area contributed by atoms with Gasteiger partial charge in [-0.15, -0.1) is 0 Å². The highest BCUT2D eigenvalue weighted by Gasteiger charge is 2.31. The Balaban J connectivity index is 1.96. The van der Waals surface area contributed by atoms with Crippen molar-refractivity contribution in [3.8, 4) is 5.75 Å².